The average molecular weight is 1090 g/mol. The molecule has 0 amide bonds. The first-order valence-electron chi connectivity index (χ1n) is 18.7. The molecule has 0 radical (unpaired) electrons. The Labute approximate surface area is 396 Å². The number of nitrogens with zero attached hydrogens (tertiary/aromatic N) is 1. The van der Waals surface area contributed by atoms with E-state index in [2.05, 4.69) is 19.9 Å². The van der Waals surface area contributed by atoms with Gasteiger partial charge in [-0.2, -0.15) is 9.44 Å². The molecule has 8 rings (SSSR count). The van der Waals surface area contributed by atoms with Crippen LogP contribution < -0.4 is 9.44 Å². The molecule has 71 heavy (non-hydrogen) atoms. The van der Waals surface area contributed by atoms with Crippen LogP contribution in [0.25, 0.3) is 78.6 Å². The van der Waals surface area contributed by atoms with E-state index in [1.54, 1.807) is 0 Å². The molecule has 0 saturated heterocycles. The average Bonchev–Trinajstić information content (AvgIpc) is 4.18. The van der Waals surface area contributed by atoms with Gasteiger partial charge in [-0.25, -0.2) is 87.7 Å². The van der Waals surface area contributed by atoms with Gasteiger partial charge in [-0.05, 0) is 36.4 Å². The molecular formula is C43H17F15MnN6O4S2+3. The molecule has 10 nitrogen and oxygen atoms in total. The van der Waals surface area contributed by atoms with E-state index in [1.807, 2.05) is 21.3 Å². The summed E-state index contributed by atoms with van der Waals surface area (Å²) in [4.78, 5) is 8.23. The Kier molecular flexibility index (Phi) is 13.5. The summed E-state index contributed by atoms with van der Waals surface area (Å²) in [7, 11) is -10.5. The first-order chi connectivity index (χ1) is 32.9. The van der Waals surface area contributed by atoms with Gasteiger partial charge in [0.15, 0.2) is 69.8 Å². The molecule has 0 saturated carbocycles. The van der Waals surface area contributed by atoms with E-state index >= 15 is 52.7 Å². The zero-order valence-electron chi connectivity index (χ0n) is 34.0. The Hall–Kier alpha value is -7.20. The van der Waals surface area contributed by atoms with E-state index < -0.39 is 208 Å². The van der Waals surface area contributed by atoms with E-state index in [9.17, 15) is 30.0 Å². The van der Waals surface area contributed by atoms with E-state index in [-0.39, 0.29) is 17.1 Å². The van der Waals surface area contributed by atoms with Crippen molar-refractivity contribution in [2.24, 2.45) is 0 Å². The number of terminal acetylenes is 2. The predicted octanol–water partition coefficient (Wildman–Crippen LogP) is 9.60. The minimum atomic E-state index is -5.27. The molecule has 0 fully saturated rings. The van der Waals surface area contributed by atoms with E-state index in [0.717, 1.165) is 0 Å². The van der Waals surface area contributed by atoms with Crippen LogP contribution in [0.3, 0.4) is 0 Å². The first kappa shape index (κ1) is 51.6. The van der Waals surface area contributed by atoms with Crippen molar-refractivity contribution in [1.82, 2.24) is 29.4 Å². The maximum atomic E-state index is 16.0. The Morgan fingerprint density at radius 1 is 0.423 bits per heavy atom. The Morgan fingerprint density at radius 3 is 1.04 bits per heavy atom. The molecule has 1 aliphatic heterocycles. The SMILES string of the molecule is C#CCNS(=O)(=O)c1cc2[nH]c1c1[nH]c(cc1S(=O)(=O)NCC#C)c(-c1c(F)c(F)c(F)c(F)c1F)c1ccc([nH]1)c(-c1c(F)c(F)c(F)c(F)c1F)c1nc(c2-c2c(F)c(F)c(F)c(F)c2F)C=C1.[Mn+3]. The molecular weight excluding hydrogens is 1070 g/mol. The summed E-state index contributed by atoms with van der Waals surface area (Å²) in [6.07, 6.45) is 11.6. The fourth-order valence-corrected chi connectivity index (χ4v) is 9.63. The fraction of sp³-hybridized carbons (Fsp3) is 0.0465. The Morgan fingerprint density at radius 2 is 0.704 bits per heavy atom. The first-order valence-corrected chi connectivity index (χ1v) is 21.7. The standard InChI is InChI=1S/C43H17F15N6O4S2.Mn/c1-3-9-59-69(65,66)19-11-17-22(25-29(46)35(52)40(57)36(53)30(25)47)15-7-5-13(61-15)21(24-27(44)33(50)39(56)34(51)28(24)45)14-6-8-16(62-14)23(26-31(48)37(54)41(58)38(55)32(26)49)18-12-20(43(64-18)42(19)63-17)70(67,68)60-10-4-2;/h1-2,5-8,11-12,59-61,63-64H,9-10H2;/q;+3. The van der Waals surface area contributed by atoms with Crippen LogP contribution in [0.1, 0.15) is 11.4 Å². The monoisotopic (exact) mass is 1080 g/mol. The molecule has 0 spiro atoms. The van der Waals surface area contributed by atoms with Crippen molar-refractivity contribution in [3.63, 3.8) is 0 Å². The molecule has 0 aliphatic carbocycles. The second-order valence-corrected chi connectivity index (χ2v) is 17.8. The number of hydrogen-bond acceptors (Lipinski definition) is 5. The van der Waals surface area contributed by atoms with Gasteiger partial charge in [0.25, 0.3) is 0 Å². The molecule has 28 heteroatoms. The van der Waals surface area contributed by atoms with Crippen molar-refractivity contribution < 1.29 is 99.8 Å². The number of aromatic amines is 3. The summed E-state index contributed by atoms with van der Waals surface area (Å²) in [6.45, 7) is -1.78. The summed E-state index contributed by atoms with van der Waals surface area (Å²) in [5, 5.41) is 0. The number of rotatable bonds is 9. The second kappa shape index (κ2) is 18.5. The maximum Gasteiger partial charge on any atom is 3.00 e. The van der Waals surface area contributed by atoms with Gasteiger partial charge < -0.3 is 15.0 Å². The second-order valence-electron chi connectivity index (χ2n) is 14.4. The zero-order valence-corrected chi connectivity index (χ0v) is 36.8. The Bertz CT molecular complexity index is 3910. The largest absolute Gasteiger partial charge is 3.00 e. The van der Waals surface area contributed by atoms with Crippen LogP contribution in [-0.2, 0) is 37.1 Å². The number of sulfonamides is 2. The summed E-state index contributed by atoms with van der Waals surface area (Å²) >= 11 is 0. The van der Waals surface area contributed by atoms with Crippen LogP contribution in [0.2, 0.25) is 0 Å². The Balaban J connectivity index is 0.00000741. The van der Waals surface area contributed by atoms with E-state index in [1.165, 1.54) is 0 Å². The minimum absolute atomic E-state index is 0. The molecule has 8 bridgehead atoms. The molecule has 3 aromatic carbocycles. The van der Waals surface area contributed by atoms with Gasteiger partial charge in [-0.15, -0.1) is 12.8 Å². The molecule has 7 aromatic rings. The van der Waals surface area contributed by atoms with Crippen LogP contribution in [0.15, 0.2) is 34.1 Å². The van der Waals surface area contributed by atoms with Crippen LogP contribution in [0, 0.1) is 112 Å². The summed E-state index contributed by atoms with van der Waals surface area (Å²) in [5.41, 5.74) is -18.2. The van der Waals surface area contributed by atoms with Gasteiger partial charge in [-0.3, -0.25) is 0 Å². The molecule has 5 heterocycles. The third-order valence-corrected chi connectivity index (χ3v) is 13.3. The van der Waals surface area contributed by atoms with Crippen LogP contribution >= 0.6 is 0 Å². The molecule has 0 unspecified atom stereocenters. The smallest absolute Gasteiger partial charge is 0.354 e. The van der Waals surface area contributed by atoms with Crippen LogP contribution in [0.4, 0.5) is 65.9 Å². The maximum absolute atomic E-state index is 16.0. The number of halogens is 15. The summed E-state index contributed by atoms with van der Waals surface area (Å²) in [6, 6.07) is 2.02. The summed E-state index contributed by atoms with van der Waals surface area (Å²) in [5.74, 6) is -36.1. The summed E-state index contributed by atoms with van der Waals surface area (Å²) < 4.78 is 290. The number of hydrogen-bond donors (Lipinski definition) is 5. The number of nitrogens with one attached hydrogen (secondary N) is 5. The van der Waals surface area contributed by atoms with Gasteiger partial charge in [0, 0.05) is 27.7 Å². The predicted molar refractivity (Wildman–Crippen MR) is 219 cm³/mol. The van der Waals surface area contributed by atoms with Gasteiger partial charge in [0.2, 0.25) is 37.5 Å². The van der Waals surface area contributed by atoms with Gasteiger partial charge in [0.05, 0.1) is 63.2 Å². The van der Waals surface area contributed by atoms with Crippen LogP contribution in [-0.4, -0.2) is 49.9 Å². The van der Waals surface area contributed by atoms with Gasteiger partial charge >= 0.3 is 17.1 Å². The van der Waals surface area contributed by atoms with Crippen molar-refractivity contribution in [3.8, 4) is 58.1 Å². The number of fused-ring (bicyclic) bond motifs is 9. The molecule has 4 aromatic heterocycles. The van der Waals surface area contributed by atoms with E-state index in [4.69, 9.17) is 12.8 Å². The molecule has 0 atom stereocenters. The van der Waals surface area contributed by atoms with Crippen molar-refractivity contribution >= 4 is 65.3 Å². The number of aromatic nitrogens is 4. The van der Waals surface area contributed by atoms with Crippen molar-refractivity contribution in [2.45, 2.75) is 9.79 Å². The third kappa shape index (κ3) is 8.15. The van der Waals surface area contributed by atoms with Gasteiger partial charge in [0.1, 0.15) is 9.79 Å². The van der Waals surface area contributed by atoms with Gasteiger partial charge in [-0.1, -0.05) is 11.8 Å². The van der Waals surface area contributed by atoms with E-state index in [0.29, 0.717) is 36.4 Å². The number of benzene rings is 3. The fourth-order valence-electron chi connectivity index (χ4n) is 7.38. The molecule has 364 valence electrons. The van der Waals surface area contributed by atoms with Crippen LogP contribution in [0.5, 0.6) is 0 Å². The minimum Gasteiger partial charge on any atom is -0.354 e. The zero-order chi connectivity index (χ0) is 51.2. The third-order valence-electron chi connectivity index (χ3n) is 10.4. The molecule has 1 aliphatic rings. The normalized spacial score (nSPS) is 12.1. The quantitative estimate of drug-likeness (QED) is 0.0321. The van der Waals surface area contributed by atoms with Crippen molar-refractivity contribution in [3.05, 3.63) is 123 Å². The van der Waals surface area contributed by atoms with Crippen molar-refractivity contribution in [2.75, 3.05) is 13.1 Å². The van der Waals surface area contributed by atoms with Crippen molar-refractivity contribution in [1.29, 1.82) is 0 Å². The number of H-pyrrole nitrogens is 3. The topological polar surface area (TPSA) is 153 Å². The molecule has 5 N–H and O–H groups in total.